The third-order valence-corrected chi connectivity index (χ3v) is 5.53. The largest absolute Gasteiger partial charge is 0.391 e. The fourth-order valence-electron chi connectivity index (χ4n) is 3.51. The van der Waals surface area contributed by atoms with Gasteiger partial charge in [-0.3, -0.25) is 0 Å². The number of nitrogens with zero attached hydrogens (tertiary/aromatic N) is 3. The lowest BCUT2D eigenvalue weighted by Crippen LogP contribution is -2.22. The van der Waals surface area contributed by atoms with Crippen molar-refractivity contribution >= 4 is 0 Å². The predicted octanol–water partition coefficient (Wildman–Crippen LogP) is 3.40. The molecule has 23 heavy (non-hydrogen) atoms. The molecule has 0 unspecified atom stereocenters. The molecular formula is C19H25N3O. The molecule has 4 nitrogen and oxygen atoms in total. The first-order valence-electron chi connectivity index (χ1n) is 8.92. The Kier molecular flexibility index (Phi) is 3.72. The van der Waals surface area contributed by atoms with Crippen LogP contribution in [0.2, 0.25) is 0 Å². The smallest absolute Gasteiger partial charge is 0.161 e. The minimum atomic E-state index is -0.338. The van der Waals surface area contributed by atoms with Gasteiger partial charge >= 0.3 is 0 Å². The standard InChI is InChI=1S/C19H25N3O/c1-2-16(23)13-22-17(14-7-6-8-14)20-18(21-22)19(11-12-19)15-9-4-3-5-10-15/h3-5,9-10,14,16,23H,2,6-8,11-13H2,1H3/t16-/m1/s1. The van der Waals surface area contributed by atoms with Gasteiger partial charge in [0, 0.05) is 5.92 Å². The van der Waals surface area contributed by atoms with E-state index in [0.717, 1.165) is 30.9 Å². The first kappa shape index (κ1) is 14.9. The summed E-state index contributed by atoms with van der Waals surface area (Å²) < 4.78 is 2.00. The van der Waals surface area contributed by atoms with Crippen LogP contribution in [0.15, 0.2) is 30.3 Å². The van der Waals surface area contributed by atoms with Gasteiger partial charge in [-0.15, -0.1) is 0 Å². The van der Waals surface area contributed by atoms with Crippen molar-refractivity contribution in [3.05, 3.63) is 47.5 Å². The van der Waals surface area contributed by atoms with E-state index < -0.39 is 0 Å². The fourth-order valence-corrected chi connectivity index (χ4v) is 3.51. The molecule has 0 radical (unpaired) electrons. The Labute approximate surface area is 137 Å². The molecule has 2 saturated carbocycles. The van der Waals surface area contributed by atoms with E-state index in [1.807, 2.05) is 11.6 Å². The lowest BCUT2D eigenvalue weighted by atomic mass is 9.84. The number of rotatable bonds is 6. The molecular weight excluding hydrogens is 286 g/mol. The molecule has 1 N–H and O–H groups in total. The third kappa shape index (κ3) is 2.59. The number of aliphatic hydroxyl groups excluding tert-OH is 1. The van der Waals surface area contributed by atoms with Gasteiger partial charge < -0.3 is 5.11 Å². The molecule has 1 heterocycles. The van der Waals surface area contributed by atoms with Gasteiger partial charge in [-0.25, -0.2) is 9.67 Å². The highest BCUT2D eigenvalue weighted by molar-refractivity contribution is 5.39. The van der Waals surface area contributed by atoms with E-state index in [4.69, 9.17) is 10.1 Å². The Morgan fingerprint density at radius 2 is 2.00 bits per heavy atom. The molecule has 2 fully saturated rings. The van der Waals surface area contributed by atoms with E-state index in [0.29, 0.717) is 12.5 Å². The number of benzene rings is 1. The molecule has 2 aliphatic rings. The first-order chi connectivity index (χ1) is 11.2. The van der Waals surface area contributed by atoms with Gasteiger partial charge in [0.25, 0.3) is 0 Å². The van der Waals surface area contributed by atoms with E-state index >= 15 is 0 Å². The summed E-state index contributed by atoms with van der Waals surface area (Å²) >= 11 is 0. The second-order valence-electron chi connectivity index (χ2n) is 7.11. The Balaban J connectivity index is 1.69. The monoisotopic (exact) mass is 311 g/mol. The predicted molar refractivity (Wildman–Crippen MR) is 89.4 cm³/mol. The second-order valence-corrected chi connectivity index (χ2v) is 7.11. The first-order valence-corrected chi connectivity index (χ1v) is 8.92. The van der Waals surface area contributed by atoms with Crippen LogP contribution >= 0.6 is 0 Å². The number of hydrogen-bond acceptors (Lipinski definition) is 3. The summed E-state index contributed by atoms with van der Waals surface area (Å²) in [5.41, 5.74) is 1.34. The van der Waals surface area contributed by atoms with Crippen LogP contribution in [0, 0.1) is 0 Å². The maximum absolute atomic E-state index is 10.1. The maximum atomic E-state index is 10.1. The lowest BCUT2D eigenvalue weighted by molar-refractivity contribution is 0.142. The Morgan fingerprint density at radius 3 is 2.57 bits per heavy atom. The average molecular weight is 311 g/mol. The van der Waals surface area contributed by atoms with Gasteiger partial charge in [0.1, 0.15) is 5.82 Å². The van der Waals surface area contributed by atoms with Crippen LogP contribution in [-0.4, -0.2) is 26.0 Å². The number of hydrogen-bond donors (Lipinski definition) is 1. The molecule has 1 atom stereocenters. The highest BCUT2D eigenvalue weighted by Crippen LogP contribution is 2.52. The quantitative estimate of drug-likeness (QED) is 0.889. The van der Waals surface area contributed by atoms with Crippen molar-refractivity contribution in [2.75, 3.05) is 0 Å². The van der Waals surface area contributed by atoms with E-state index in [1.165, 1.54) is 24.8 Å². The fraction of sp³-hybridized carbons (Fsp3) is 0.579. The summed E-state index contributed by atoms with van der Waals surface area (Å²) in [5, 5.41) is 14.9. The van der Waals surface area contributed by atoms with Gasteiger partial charge in [0.05, 0.1) is 18.1 Å². The molecule has 1 aromatic carbocycles. The zero-order valence-electron chi connectivity index (χ0n) is 13.8. The van der Waals surface area contributed by atoms with Crippen LogP contribution in [-0.2, 0) is 12.0 Å². The van der Waals surface area contributed by atoms with Crippen LogP contribution in [0.1, 0.15) is 68.6 Å². The SMILES string of the molecule is CC[C@@H](O)Cn1nc(C2(c3ccccc3)CC2)nc1C1CCC1. The van der Waals surface area contributed by atoms with Crippen LogP contribution < -0.4 is 0 Å². The van der Waals surface area contributed by atoms with Crippen molar-refractivity contribution in [1.82, 2.24) is 14.8 Å². The molecule has 1 aromatic heterocycles. The normalized spacial score (nSPS) is 21.0. The summed E-state index contributed by atoms with van der Waals surface area (Å²) in [4.78, 5) is 4.97. The van der Waals surface area contributed by atoms with Gasteiger partial charge in [0.15, 0.2) is 5.82 Å². The maximum Gasteiger partial charge on any atom is 0.161 e. The highest BCUT2D eigenvalue weighted by Gasteiger charge is 2.50. The summed E-state index contributed by atoms with van der Waals surface area (Å²) in [6.45, 7) is 2.58. The average Bonchev–Trinajstić information content (AvgIpc) is 3.25. The van der Waals surface area contributed by atoms with Gasteiger partial charge in [0.2, 0.25) is 0 Å². The highest BCUT2D eigenvalue weighted by atomic mass is 16.3. The summed E-state index contributed by atoms with van der Waals surface area (Å²) in [5.74, 6) is 2.60. The molecule has 0 spiro atoms. The molecule has 0 saturated heterocycles. The summed E-state index contributed by atoms with van der Waals surface area (Å²) in [6, 6.07) is 10.6. The Hall–Kier alpha value is -1.68. The van der Waals surface area contributed by atoms with Gasteiger partial charge in [-0.1, -0.05) is 43.7 Å². The van der Waals surface area contributed by atoms with Gasteiger partial charge in [-0.05, 0) is 37.7 Å². The minimum absolute atomic E-state index is 0.0160. The van der Waals surface area contributed by atoms with Crippen LogP contribution in [0.4, 0.5) is 0 Å². The van der Waals surface area contributed by atoms with E-state index in [9.17, 15) is 5.11 Å². The summed E-state index contributed by atoms with van der Waals surface area (Å²) in [6.07, 6.45) is 6.37. The second kappa shape index (κ2) is 5.75. The van der Waals surface area contributed by atoms with E-state index in [2.05, 4.69) is 30.3 Å². The molecule has 0 aliphatic heterocycles. The van der Waals surface area contributed by atoms with Crippen LogP contribution in [0.3, 0.4) is 0 Å². The van der Waals surface area contributed by atoms with E-state index in [1.54, 1.807) is 0 Å². The summed E-state index contributed by atoms with van der Waals surface area (Å²) in [7, 11) is 0. The topological polar surface area (TPSA) is 50.9 Å². The molecule has 4 heteroatoms. The third-order valence-electron chi connectivity index (χ3n) is 5.53. The molecule has 2 aromatic rings. The number of aliphatic hydroxyl groups is 1. The molecule has 0 bridgehead atoms. The zero-order valence-corrected chi connectivity index (χ0v) is 13.8. The van der Waals surface area contributed by atoms with Crippen molar-refractivity contribution < 1.29 is 5.11 Å². The zero-order chi connectivity index (χ0) is 15.9. The van der Waals surface area contributed by atoms with Crippen molar-refractivity contribution in [2.24, 2.45) is 0 Å². The van der Waals surface area contributed by atoms with E-state index in [-0.39, 0.29) is 11.5 Å². The molecule has 0 amide bonds. The molecule has 4 rings (SSSR count). The number of aromatic nitrogens is 3. The Morgan fingerprint density at radius 1 is 1.26 bits per heavy atom. The van der Waals surface area contributed by atoms with Crippen molar-refractivity contribution in [2.45, 2.75) is 69.4 Å². The molecule has 2 aliphatic carbocycles. The van der Waals surface area contributed by atoms with Crippen LogP contribution in [0.5, 0.6) is 0 Å². The minimum Gasteiger partial charge on any atom is -0.391 e. The van der Waals surface area contributed by atoms with Crippen LogP contribution in [0.25, 0.3) is 0 Å². The van der Waals surface area contributed by atoms with Crippen molar-refractivity contribution in [3.63, 3.8) is 0 Å². The Bertz CT molecular complexity index is 671. The molecule has 122 valence electrons. The van der Waals surface area contributed by atoms with Gasteiger partial charge in [-0.2, -0.15) is 5.10 Å². The lowest BCUT2D eigenvalue weighted by Gasteiger charge is -2.25. The van der Waals surface area contributed by atoms with Crippen molar-refractivity contribution in [3.8, 4) is 0 Å². The van der Waals surface area contributed by atoms with Crippen molar-refractivity contribution in [1.29, 1.82) is 0 Å².